The third-order valence-corrected chi connectivity index (χ3v) is 5.29. The minimum Gasteiger partial charge on any atom is -0.496 e. The normalized spacial score (nSPS) is 10.6. The van der Waals surface area contributed by atoms with Crippen molar-refractivity contribution in [1.29, 1.82) is 0 Å². The molecule has 0 spiro atoms. The summed E-state index contributed by atoms with van der Waals surface area (Å²) in [5.74, 6) is 1.32. The molecular weight excluding hydrogens is 372 g/mol. The first kappa shape index (κ1) is 19.9. The van der Waals surface area contributed by atoms with E-state index < -0.39 is 0 Å². The molecule has 1 heterocycles. The number of nitrogens with one attached hydrogen (secondary N) is 1. The van der Waals surface area contributed by atoms with Crippen LogP contribution in [0, 0.1) is 27.7 Å². The van der Waals surface area contributed by atoms with Crippen molar-refractivity contribution in [1.82, 2.24) is 4.98 Å². The van der Waals surface area contributed by atoms with Crippen molar-refractivity contribution >= 4 is 22.4 Å². The molecule has 5 nitrogen and oxygen atoms in total. The summed E-state index contributed by atoms with van der Waals surface area (Å²) in [6.07, 6.45) is 0. The van der Waals surface area contributed by atoms with Crippen molar-refractivity contribution in [2.45, 2.75) is 27.7 Å². The number of hydrogen-bond acceptors (Lipinski definition) is 5. The minimum atomic E-state index is -0.230. The number of ether oxygens (including phenoxy) is 2. The summed E-state index contributed by atoms with van der Waals surface area (Å²) in [6.45, 7) is 7.93. The zero-order valence-electron chi connectivity index (χ0n) is 16.8. The third-order valence-electron chi connectivity index (χ3n) is 4.40. The highest BCUT2D eigenvalue weighted by Gasteiger charge is 2.14. The number of amides is 1. The number of nitrogens with zero attached hydrogens (tertiary/aromatic N) is 1. The van der Waals surface area contributed by atoms with Gasteiger partial charge in [-0.1, -0.05) is 17.7 Å². The smallest absolute Gasteiger partial charge is 0.264 e. The monoisotopic (exact) mass is 396 g/mol. The topological polar surface area (TPSA) is 60.5 Å². The van der Waals surface area contributed by atoms with Crippen molar-refractivity contribution in [2.75, 3.05) is 19.0 Å². The van der Waals surface area contributed by atoms with E-state index in [2.05, 4.69) is 10.3 Å². The molecule has 3 aromatic rings. The lowest BCUT2D eigenvalue weighted by Gasteiger charge is -2.09. The summed E-state index contributed by atoms with van der Waals surface area (Å²) in [5, 5.41) is 3.39. The molecule has 0 aliphatic heterocycles. The van der Waals surface area contributed by atoms with Gasteiger partial charge >= 0.3 is 0 Å². The van der Waals surface area contributed by atoms with Crippen LogP contribution < -0.4 is 14.8 Å². The van der Waals surface area contributed by atoms with Gasteiger partial charge in [0.15, 0.2) is 11.7 Å². The number of hydrogen-bond donors (Lipinski definition) is 1. The Morgan fingerprint density at radius 3 is 2.43 bits per heavy atom. The number of benzene rings is 2. The summed E-state index contributed by atoms with van der Waals surface area (Å²) in [4.78, 5) is 17.9. The van der Waals surface area contributed by atoms with Crippen LogP contribution in [-0.4, -0.2) is 24.6 Å². The average Bonchev–Trinajstić information content (AvgIpc) is 3.01. The molecule has 0 saturated heterocycles. The molecule has 1 amide bonds. The van der Waals surface area contributed by atoms with E-state index in [1.807, 2.05) is 64.1 Å². The molecule has 0 radical (unpaired) electrons. The summed E-state index contributed by atoms with van der Waals surface area (Å²) in [7, 11) is 1.66. The second kappa shape index (κ2) is 8.44. The first-order valence-corrected chi connectivity index (χ1v) is 9.81. The number of aryl methyl sites for hydroxylation is 4. The quantitative estimate of drug-likeness (QED) is 0.632. The standard InChI is InChI=1S/C22H24N2O3S/c1-13-6-8-19(14(2)10-13)27-12-20(25)23-22-24-21(16(4)28-22)17-7-9-18(26-5)15(3)11-17/h6-11H,12H2,1-5H3,(H,23,24,25). The minimum absolute atomic E-state index is 0.0560. The highest BCUT2D eigenvalue weighted by atomic mass is 32.1. The van der Waals surface area contributed by atoms with Crippen molar-refractivity contribution in [3.05, 3.63) is 58.0 Å². The summed E-state index contributed by atoms with van der Waals surface area (Å²) in [6, 6.07) is 11.8. The lowest BCUT2D eigenvalue weighted by molar-refractivity contribution is -0.118. The maximum Gasteiger partial charge on any atom is 0.264 e. The number of thiazole rings is 1. The lowest BCUT2D eigenvalue weighted by Crippen LogP contribution is -2.20. The van der Waals surface area contributed by atoms with E-state index >= 15 is 0 Å². The summed E-state index contributed by atoms with van der Waals surface area (Å²) in [5.41, 5.74) is 5.07. The van der Waals surface area contributed by atoms with Gasteiger partial charge in [0.25, 0.3) is 5.91 Å². The van der Waals surface area contributed by atoms with Gasteiger partial charge < -0.3 is 9.47 Å². The maximum atomic E-state index is 12.3. The SMILES string of the molecule is COc1ccc(-c2nc(NC(=O)COc3ccc(C)cc3C)sc2C)cc1C. The Morgan fingerprint density at radius 1 is 1.04 bits per heavy atom. The molecule has 3 rings (SSSR count). The van der Waals surface area contributed by atoms with Crippen molar-refractivity contribution in [3.63, 3.8) is 0 Å². The third kappa shape index (κ3) is 4.51. The Kier molecular flexibility index (Phi) is 5.99. The molecule has 6 heteroatoms. The number of aromatic nitrogens is 1. The van der Waals surface area contributed by atoms with Crippen molar-refractivity contribution < 1.29 is 14.3 Å². The molecule has 0 atom stereocenters. The molecule has 2 aromatic carbocycles. The van der Waals surface area contributed by atoms with Gasteiger partial charge in [0.05, 0.1) is 12.8 Å². The van der Waals surface area contributed by atoms with Gasteiger partial charge in [-0.3, -0.25) is 10.1 Å². The van der Waals surface area contributed by atoms with E-state index in [-0.39, 0.29) is 12.5 Å². The molecule has 0 bridgehead atoms. The number of carbonyl (C=O) groups is 1. The van der Waals surface area contributed by atoms with Crippen LogP contribution in [0.25, 0.3) is 11.3 Å². The first-order chi connectivity index (χ1) is 13.4. The van der Waals surface area contributed by atoms with Crippen LogP contribution >= 0.6 is 11.3 Å². The van der Waals surface area contributed by atoms with Crippen LogP contribution in [0.15, 0.2) is 36.4 Å². The second-order valence-electron chi connectivity index (χ2n) is 6.71. The molecule has 0 fully saturated rings. The number of methoxy groups -OCH3 is 1. The predicted molar refractivity (Wildman–Crippen MR) is 114 cm³/mol. The first-order valence-electron chi connectivity index (χ1n) is 8.99. The van der Waals surface area contributed by atoms with Crippen LogP contribution in [0.3, 0.4) is 0 Å². The lowest BCUT2D eigenvalue weighted by atomic mass is 10.1. The fourth-order valence-electron chi connectivity index (χ4n) is 3.00. The molecule has 0 aliphatic rings. The molecule has 0 aliphatic carbocycles. The van der Waals surface area contributed by atoms with E-state index in [4.69, 9.17) is 9.47 Å². The molecular formula is C22H24N2O3S. The molecule has 0 unspecified atom stereocenters. The van der Waals surface area contributed by atoms with Gasteiger partial charge in [-0.15, -0.1) is 11.3 Å². The van der Waals surface area contributed by atoms with E-state index in [1.54, 1.807) is 7.11 Å². The van der Waals surface area contributed by atoms with Crippen LogP contribution in [0.2, 0.25) is 0 Å². The number of anilines is 1. The summed E-state index contributed by atoms with van der Waals surface area (Å²) < 4.78 is 11.0. The largest absolute Gasteiger partial charge is 0.496 e. The zero-order chi connectivity index (χ0) is 20.3. The van der Waals surface area contributed by atoms with Crippen molar-refractivity contribution in [3.8, 4) is 22.8 Å². The van der Waals surface area contributed by atoms with Gasteiger partial charge in [-0.25, -0.2) is 4.98 Å². The van der Waals surface area contributed by atoms with E-state index in [9.17, 15) is 4.79 Å². The Balaban J connectivity index is 1.67. The van der Waals surface area contributed by atoms with Crippen LogP contribution in [0.1, 0.15) is 21.6 Å². The van der Waals surface area contributed by atoms with Crippen LogP contribution in [0.5, 0.6) is 11.5 Å². The highest BCUT2D eigenvalue weighted by Crippen LogP contribution is 2.32. The van der Waals surface area contributed by atoms with E-state index in [1.165, 1.54) is 11.3 Å². The van der Waals surface area contributed by atoms with Gasteiger partial charge in [0.1, 0.15) is 11.5 Å². The van der Waals surface area contributed by atoms with Gasteiger partial charge in [-0.05, 0) is 63.1 Å². The predicted octanol–water partition coefficient (Wildman–Crippen LogP) is 5.07. The van der Waals surface area contributed by atoms with E-state index in [0.717, 1.165) is 38.6 Å². The number of carbonyl (C=O) groups excluding carboxylic acids is 1. The van der Waals surface area contributed by atoms with Gasteiger partial charge in [0, 0.05) is 10.4 Å². The Labute approximate surface area is 169 Å². The molecule has 0 saturated carbocycles. The van der Waals surface area contributed by atoms with Crippen LogP contribution in [0.4, 0.5) is 5.13 Å². The fraction of sp³-hybridized carbons (Fsp3) is 0.273. The molecule has 146 valence electrons. The van der Waals surface area contributed by atoms with Crippen LogP contribution in [-0.2, 0) is 4.79 Å². The highest BCUT2D eigenvalue weighted by molar-refractivity contribution is 7.16. The van der Waals surface area contributed by atoms with Gasteiger partial charge in [-0.2, -0.15) is 0 Å². The Hall–Kier alpha value is -2.86. The second-order valence-corrected chi connectivity index (χ2v) is 7.92. The maximum absolute atomic E-state index is 12.3. The zero-order valence-corrected chi connectivity index (χ0v) is 17.6. The number of rotatable bonds is 6. The Bertz CT molecular complexity index is 1010. The van der Waals surface area contributed by atoms with Gasteiger partial charge in [0.2, 0.25) is 0 Å². The molecule has 1 N–H and O–H groups in total. The molecule has 28 heavy (non-hydrogen) atoms. The fourth-order valence-corrected chi connectivity index (χ4v) is 3.86. The average molecular weight is 397 g/mol. The summed E-state index contributed by atoms with van der Waals surface area (Å²) >= 11 is 1.45. The molecule has 1 aromatic heterocycles. The van der Waals surface area contributed by atoms with Crippen molar-refractivity contribution in [2.24, 2.45) is 0 Å². The van der Waals surface area contributed by atoms with E-state index in [0.29, 0.717) is 10.9 Å². The Morgan fingerprint density at radius 2 is 1.75 bits per heavy atom.